The zero-order valence-corrected chi connectivity index (χ0v) is 11.5. The molecule has 0 atom stereocenters. The van der Waals surface area contributed by atoms with Crippen LogP contribution in [-0.4, -0.2) is 17.9 Å². The van der Waals surface area contributed by atoms with Crippen LogP contribution in [0.3, 0.4) is 0 Å². The van der Waals surface area contributed by atoms with Gasteiger partial charge in [0.2, 0.25) is 0 Å². The van der Waals surface area contributed by atoms with Crippen LogP contribution in [0.25, 0.3) is 0 Å². The molecule has 0 heterocycles. The maximum atomic E-state index is 9.63. The Balaban J connectivity index is 2.75. The Hall–Kier alpha value is -1.48. The third-order valence-electron chi connectivity index (χ3n) is 2.80. The summed E-state index contributed by atoms with van der Waals surface area (Å²) in [6.07, 6.45) is 9.20. The molecule has 1 rings (SSSR count). The third-order valence-corrected chi connectivity index (χ3v) is 3.15. The van der Waals surface area contributed by atoms with Crippen LogP contribution in [0.4, 0.5) is 0 Å². The predicted molar refractivity (Wildman–Crippen MR) is 77.1 cm³/mol. The van der Waals surface area contributed by atoms with E-state index in [-0.39, 0.29) is 0 Å². The number of halogens is 1. The van der Waals surface area contributed by atoms with Gasteiger partial charge in [-0.3, -0.25) is 0 Å². The largest absolute Gasteiger partial charge is 0.512 e. The average Bonchev–Trinajstić information content (AvgIpc) is 2.36. The van der Waals surface area contributed by atoms with Crippen molar-refractivity contribution in [2.45, 2.75) is 26.2 Å². The van der Waals surface area contributed by atoms with E-state index in [1.165, 1.54) is 0 Å². The molecule has 98 valence electrons. The quantitative estimate of drug-likeness (QED) is 0.535. The van der Waals surface area contributed by atoms with Crippen molar-refractivity contribution in [1.29, 1.82) is 5.41 Å². The summed E-state index contributed by atoms with van der Waals surface area (Å²) < 4.78 is 0. The van der Waals surface area contributed by atoms with Crippen LogP contribution < -0.4 is 5.32 Å². The molecule has 0 fully saturated rings. The number of hydrogen-bond acceptors (Lipinski definition) is 3. The number of aliphatic hydroxyl groups excluding tert-OH is 1. The number of hydrogen-bond donors (Lipinski definition) is 3. The van der Waals surface area contributed by atoms with Gasteiger partial charge in [0.15, 0.2) is 0 Å². The van der Waals surface area contributed by atoms with Crippen molar-refractivity contribution in [1.82, 2.24) is 5.32 Å². The molecule has 0 radical (unpaired) electrons. The molecule has 18 heavy (non-hydrogen) atoms. The minimum absolute atomic E-state index is 0.422. The fraction of sp³-hybridized carbons (Fsp3) is 0.357. The minimum atomic E-state index is 0.422. The molecule has 0 aromatic carbocycles. The lowest BCUT2D eigenvalue weighted by molar-refractivity contribution is 0.392. The van der Waals surface area contributed by atoms with Crippen LogP contribution in [-0.2, 0) is 0 Å². The second-order valence-electron chi connectivity index (χ2n) is 4.18. The zero-order chi connectivity index (χ0) is 13.5. The molecule has 0 bridgehead atoms. The second-order valence-corrected chi connectivity index (χ2v) is 4.59. The summed E-state index contributed by atoms with van der Waals surface area (Å²) >= 11 is 5.82. The van der Waals surface area contributed by atoms with Gasteiger partial charge in [0.1, 0.15) is 0 Å². The standard InChI is InChI=1S/C14H19ClN2O/c1-10-6-7-11(4-3-5-13(10)18)12(16)8-9-14(15)17-2/h3-4,7,9,16-18H,5-6,8H2,1-2H3/b4-3?,11-7?,13-10+,14-9-,16-12?. The Morgan fingerprint density at radius 3 is 2.94 bits per heavy atom. The van der Waals surface area contributed by atoms with E-state index in [1.807, 2.05) is 25.2 Å². The predicted octanol–water partition coefficient (Wildman–Crippen LogP) is 3.80. The monoisotopic (exact) mass is 266 g/mol. The van der Waals surface area contributed by atoms with Gasteiger partial charge in [-0.2, -0.15) is 0 Å². The summed E-state index contributed by atoms with van der Waals surface area (Å²) in [5, 5.41) is 21.0. The van der Waals surface area contributed by atoms with Crippen LogP contribution >= 0.6 is 11.6 Å². The van der Waals surface area contributed by atoms with E-state index in [1.54, 1.807) is 13.1 Å². The zero-order valence-electron chi connectivity index (χ0n) is 10.8. The van der Waals surface area contributed by atoms with E-state index >= 15 is 0 Å². The van der Waals surface area contributed by atoms with Crippen molar-refractivity contribution < 1.29 is 5.11 Å². The van der Waals surface area contributed by atoms with Gasteiger partial charge in [-0.15, -0.1) is 0 Å². The van der Waals surface area contributed by atoms with Crippen LogP contribution in [0.2, 0.25) is 0 Å². The highest BCUT2D eigenvalue weighted by Crippen LogP contribution is 2.17. The van der Waals surface area contributed by atoms with Crippen molar-refractivity contribution in [3.05, 3.63) is 46.4 Å². The molecule has 0 aliphatic heterocycles. The van der Waals surface area contributed by atoms with Gasteiger partial charge in [0.25, 0.3) is 0 Å². The van der Waals surface area contributed by atoms with Gasteiger partial charge in [0, 0.05) is 25.6 Å². The molecule has 0 unspecified atom stereocenters. The van der Waals surface area contributed by atoms with E-state index in [0.29, 0.717) is 35.9 Å². The Morgan fingerprint density at radius 1 is 1.56 bits per heavy atom. The SMILES string of the molecule is CN/C(Cl)=C\CC(=N)C1=CC/C(C)=C(/O)CC=C1. The fourth-order valence-corrected chi connectivity index (χ4v) is 1.63. The number of nitrogens with one attached hydrogen (secondary N) is 2. The van der Waals surface area contributed by atoms with E-state index in [0.717, 1.165) is 11.1 Å². The van der Waals surface area contributed by atoms with E-state index < -0.39 is 0 Å². The number of allylic oxidation sites excluding steroid dienone is 6. The summed E-state index contributed by atoms with van der Waals surface area (Å²) in [6.45, 7) is 1.91. The van der Waals surface area contributed by atoms with Gasteiger partial charge >= 0.3 is 0 Å². The highest BCUT2D eigenvalue weighted by molar-refractivity contribution is 6.29. The van der Waals surface area contributed by atoms with Crippen LogP contribution in [0.5, 0.6) is 0 Å². The maximum Gasteiger partial charge on any atom is 0.0978 e. The minimum Gasteiger partial charge on any atom is -0.512 e. The summed E-state index contributed by atoms with van der Waals surface area (Å²) in [7, 11) is 1.74. The summed E-state index contributed by atoms with van der Waals surface area (Å²) in [5.74, 6) is 0.422. The molecule has 0 aromatic heterocycles. The van der Waals surface area contributed by atoms with Crippen molar-refractivity contribution in [3.8, 4) is 0 Å². The first kappa shape index (κ1) is 14.6. The summed E-state index contributed by atoms with van der Waals surface area (Å²) in [5.41, 5.74) is 2.36. The van der Waals surface area contributed by atoms with Crippen molar-refractivity contribution >= 4 is 17.3 Å². The molecule has 1 aliphatic rings. The lowest BCUT2D eigenvalue weighted by Crippen LogP contribution is -2.03. The Morgan fingerprint density at radius 2 is 2.28 bits per heavy atom. The molecular formula is C14H19ClN2O. The molecule has 0 aromatic rings. The van der Waals surface area contributed by atoms with Gasteiger partial charge in [-0.05, 0) is 30.6 Å². The Labute approximate surface area is 113 Å². The third kappa shape index (κ3) is 4.41. The summed E-state index contributed by atoms with van der Waals surface area (Å²) in [6, 6.07) is 0. The first-order valence-corrected chi connectivity index (χ1v) is 6.28. The van der Waals surface area contributed by atoms with Crippen molar-refractivity contribution in [2.24, 2.45) is 0 Å². The van der Waals surface area contributed by atoms with Gasteiger partial charge in [-0.25, -0.2) is 0 Å². The summed E-state index contributed by atoms with van der Waals surface area (Å²) in [4.78, 5) is 0. The number of aliphatic hydroxyl groups is 1. The molecule has 0 saturated carbocycles. The second kappa shape index (κ2) is 7.07. The van der Waals surface area contributed by atoms with Gasteiger partial charge < -0.3 is 15.8 Å². The smallest absolute Gasteiger partial charge is 0.0978 e. The van der Waals surface area contributed by atoms with Crippen LogP contribution in [0, 0.1) is 5.41 Å². The number of rotatable bonds is 4. The molecule has 3 nitrogen and oxygen atoms in total. The molecule has 0 saturated heterocycles. The lowest BCUT2D eigenvalue weighted by Gasteiger charge is -2.09. The van der Waals surface area contributed by atoms with Gasteiger partial charge in [-0.1, -0.05) is 29.8 Å². The molecule has 3 N–H and O–H groups in total. The maximum absolute atomic E-state index is 9.63. The topological polar surface area (TPSA) is 56.1 Å². The fourth-order valence-electron chi connectivity index (χ4n) is 1.56. The molecule has 4 heteroatoms. The average molecular weight is 267 g/mol. The van der Waals surface area contributed by atoms with E-state index in [9.17, 15) is 5.11 Å². The van der Waals surface area contributed by atoms with Gasteiger partial charge in [0.05, 0.1) is 10.9 Å². The Kier molecular flexibility index (Phi) is 5.72. The molecule has 0 amide bonds. The van der Waals surface area contributed by atoms with Crippen molar-refractivity contribution in [2.75, 3.05) is 7.05 Å². The molecule has 1 aliphatic carbocycles. The first-order valence-electron chi connectivity index (χ1n) is 5.90. The lowest BCUT2D eigenvalue weighted by atomic mass is 10.00. The highest BCUT2D eigenvalue weighted by Gasteiger charge is 2.05. The van der Waals surface area contributed by atoms with Crippen LogP contribution in [0.1, 0.15) is 26.2 Å². The Bertz CT molecular complexity index is 445. The van der Waals surface area contributed by atoms with Crippen molar-refractivity contribution in [3.63, 3.8) is 0 Å². The molecule has 0 spiro atoms. The highest BCUT2D eigenvalue weighted by atomic mass is 35.5. The van der Waals surface area contributed by atoms with E-state index in [2.05, 4.69) is 5.32 Å². The normalized spacial score (nSPS) is 21.1. The van der Waals surface area contributed by atoms with Crippen LogP contribution in [0.15, 0.2) is 46.4 Å². The van der Waals surface area contributed by atoms with E-state index in [4.69, 9.17) is 17.0 Å². The first-order chi connectivity index (χ1) is 8.54. The molecular weight excluding hydrogens is 248 g/mol.